The van der Waals surface area contributed by atoms with Gasteiger partial charge in [-0.2, -0.15) is 0 Å². The number of hydrogen-bond acceptors (Lipinski definition) is 4. The minimum Gasteiger partial charge on any atom is -0.481 e. The number of carboxylic acid groups (broad SMARTS) is 1. The van der Waals surface area contributed by atoms with Crippen LogP contribution in [0.2, 0.25) is 0 Å². The van der Waals surface area contributed by atoms with Crippen molar-refractivity contribution in [1.82, 2.24) is 10.6 Å². The third-order valence-electron chi connectivity index (χ3n) is 7.39. The molecular formula is C28H34N2O5. The van der Waals surface area contributed by atoms with Crippen LogP contribution in [0.4, 0.5) is 4.79 Å². The number of carboxylic acids is 1. The van der Waals surface area contributed by atoms with Gasteiger partial charge in [-0.1, -0.05) is 62.4 Å². The lowest BCUT2D eigenvalue weighted by Crippen LogP contribution is -2.38. The SMILES string of the molecule is CC(C)C(CNC(=O)OCC1c2ccccc2-c2ccccc21)CC(=O)N[C@@H]1CC[C@H](C(=O)O)C1. The summed E-state index contributed by atoms with van der Waals surface area (Å²) in [6, 6.07) is 16.3. The van der Waals surface area contributed by atoms with E-state index in [1.165, 1.54) is 11.1 Å². The minimum absolute atomic E-state index is 0.000799. The highest BCUT2D eigenvalue weighted by atomic mass is 16.5. The number of amides is 2. The summed E-state index contributed by atoms with van der Waals surface area (Å²) in [5, 5.41) is 15.0. The molecule has 2 aromatic rings. The average Bonchev–Trinajstić information content (AvgIpc) is 3.43. The van der Waals surface area contributed by atoms with Crippen molar-refractivity contribution in [3.8, 4) is 11.1 Å². The number of carbonyl (C=O) groups is 3. The van der Waals surface area contributed by atoms with Crippen LogP contribution in [0.25, 0.3) is 11.1 Å². The van der Waals surface area contributed by atoms with Crippen LogP contribution in [0.5, 0.6) is 0 Å². The predicted octanol–water partition coefficient (Wildman–Crippen LogP) is 4.56. The quantitative estimate of drug-likeness (QED) is 0.490. The summed E-state index contributed by atoms with van der Waals surface area (Å²) in [5.74, 6) is -1.14. The van der Waals surface area contributed by atoms with Gasteiger partial charge in [-0.15, -0.1) is 0 Å². The van der Waals surface area contributed by atoms with Crippen molar-refractivity contribution >= 4 is 18.0 Å². The second-order valence-corrected chi connectivity index (χ2v) is 10.0. The predicted molar refractivity (Wildman–Crippen MR) is 133 cm³/mol. The van der Waals surface area contributed by atoms with Crippen LogP contribution < -0.4 is 10.6 Å². The highest BCUT2D eigenvalue weighted by Gasteiger charge is 2.32. The average molecular weight is 479 g/mol. The zero-order valence-electron chi connectivity index (χ0n) is 20.3. The first kappa shape index (κ1) is 24.8. The maximum absolute atomic E-state index is 12.6. The molecule has 4 rings (SSSR count). The van der Waals surface area contributed by atoms with Gasteiger partial charge in [0.1, 0.15) is 6.61 Å². The minimum atomic E-state index is -0.797. The summed E-state index contributed by atoms with van der Waals surface area (Å²) in [4.78, 5) is 36.2. The Morgan fingerprint density at radius 3 is 2.20 bits per heavy atom. The molecule has 0 aromatic heterocycles. The molecule has 1 saturated carbocycles. The highest BCUT2D eigenvalue weighted by molar-refractivity contribution is 5.79. The Bertz CT molecular complexity index is 1040. The maximum Gasteiger partial charge on any atom is 0.407 e. The van der Waals surface area contributed by atoms with Gasteiger partial charge in [0.25, 0.3) is 0 Å². The fourth-order valence-electron chi connectivity index (χ4n) is 5.27. The van der Waals surface area contributed by atoms with E-state index in [0.717, 1.165) is 11.1 Å². The van der Waals surface area contributed by atoms with Crippen molar-refractivity contribution in [2.75, 3.05) is 13.2 Å². The number of ether oxygens (including phenoxy) is 1. The summed E-state index contributed by atoms with van der Waals surface area (Å²) >= 11 is 0. The number of benzene rings is 2. The van der Waals surface area contributed by atoms with E-state index in [0.29, 0.717) is 25.8 Å². The number of aliphatic carboxylic acids is 1. The summed E-state index contributed by atoms with van der Waals surface area (Å²) in [7, 11) is 0. The summed E-state index contributed by atoms with van der Waals surface area (Å²) in [6.07, 6.45) is 1.55. The molecule has 0 saturated heterocycles. The Kier molecular flexibility index (Phi) is 7.73. The summed E-state index contributed by atoms with van der Waals surface area (Å²) < 4.78 is 5.61. The number of nitrogens with one attached hydrogen (secondary N) is 2. The molecule has 35 heavy (non-hydrogen) atoms. The molecule has 3 atom stereocenters. The largest absolute Gasteiger partial charge is 0.481 e. The summed E-state index contributed by atoms with van der Waals surface area (Å²) in [6.45, 7) is 4.63. The first-order valence-corrected chi connectivity index (χ1v) is 12.4. The Morgan fingerprint density at radius 1 is 1.00 bits per heavy atom. The molecule has 0 spiro atoms. The van der Waals surface area contributed by atoms with E-state index in [4.69, 9.17) is 9.84 Å². The van der Waals surface area contributed by atoms with Gasteiger partial charge >= 0.3 is 12.1 Å². The molecule has 0 radical (unpaired) electrons. The number of carbonyl (C=O) groups excluding carboxylic acids is 2. The Morgan fingerprint density at radius 2 is 1.63 bits per heavy atom. The van der Waals surface area contributed by atoms with Crippen LogP contribution in [0.3, 0.4) is 0 Å². The normalized spacial score (nSPS) is 19.6. The Labute approximate surface area is 206 Å². The lowest BCUT2D eigenvalue weighted by Gasteiger charge is -2.22. The van der Waals surface area contributed by atoms with Crippen LogP contribution in [0.15, 0.2) is 48.5 Å². The van der Waals surface area contributed by atoms with Gasteiger partial charge in [0.15, 0.2) is 0 Å². The van der Waals surface area contributed by atoms with E-state index in [9.17, 15) is 14.4 Å². The first-order valence-electron chi connectivity index (χ1n) is 12.4. The van der Waals surface area contributed by atoms with Crippen molar-refractivity contribution in [2.24, 2.45) is 17.8 Å². The number of fused-ring (bicyclic) bond motifs is 3. The van der Waals surface area contributed by atoms with Crippen LogP contribution in [-0.2, 0) is 14.3 Å². The molecule has 1 fully saturated rings. The third kappa shape index (κ3) is 5.84. The number of alkyl carbamates (subject to hydrolysis) is 1. The highest BCUT2D eigenvalue weighted by Crippen LogP contribution is 2.44. The van der Waals surface area contributed by atoms with Crippen LogP contribution in [-0.4, -0.2) is 42.3 Å². The standard InChI is InChI=1S/C28H34N2O5/c1-17(2)19(14-26(31)30-20-12-11-18(13-20)27(32)33)15-29-28(34)35-16-25-23-9-5-3-7-21(23)22-8-4-6-10-24(22)25/h3-10,17-20,25H,11-16H2,1-2H3,(H,29,34)(H,30,31)(H,32,33)/t18-,19?,20+/m0/s1. The van der Waals surface area contributed by atoms with Crippen molar-refractivity contribution in [2.45, 2.75) is 51.5 Å². The van der Waals surface area contributed by atoms with Crippen LogP contribution >= 0.6 is 0 Å². The van der Waals surface area contributed by atoms with E-state index in [2.05, 4.69) is 34.9 Å². The molecule has 3 N–H and O–H groups in total. The fourth-order valence-corrected chi connectivity index (χ4v) is 5.27. The molecule has 2 aromatic carbocycles. The van der Waals surface area contributed by atoms with E-state index in [1.54, 1.807) is 0 Å². The number of hydrogen-bond donors (Lipinski definition) is 3. The second-order valence-electron chi connectivity index (χ2n) is 10.0. The second kappa shape index (κ2) is 10.9. The Hall–Kier alpha value is -3.35. The van der Waals surface area contributed by atoms with Gasteiger partial charge in [-0.25, -0.2) is 4.79 Å². The number of rotatable bonds is 9. The van der Waals surface area contributed by atoms with Gasteiger partial charge in [0.2, 0.25) is 5.91 Å². The van der Waals surface area contributed by atoms with Gasteiger partial charge in [0, 0.05) is 24.9 Å². The van der Waals surface area contributed by atoms with E-state index < -0.39 is 12.1 Å². The van der Waals surface area contributed by atoms with Crippen molar-refractivity contribution in [3.63, 3.8) is 0 Å². The lowest BCUT2D eigenvalue weighted by molar-refractivity contribution is -0.141. The molecule has 2 aliphatic rings. The maximum atomic E-state index is 12.6. The molecule has 0 aliphatic heterocycles. The molecule has 0 heterocycles. The van der Waals surface area contributed by atoms with E-state index >= 15 is 0 Å². The fraction of sp³-hybridized carbons (Fsp3) is 0.464. The Balaban J connectivity index is 1.26. The smallest absolute Gasteiger partial charge is 0.407 e. The first-order chi connectivity index (χ1) is 16.8. The van der Waals surface area contributed by atoms with Gasteiger partial charge in [-0.05, 0) is 53.4 Å². The molecule has 0 bridgehead atoms. The molecule has 1 unspecified atom stereocenters. The molecular weight excluding hydrogens is 444 g/mol. The molecule has 7 nitrogen and oxygen atoms in total. The molecule has 7 heteroatoms. The van der Waals surface area contributed by atoms with Crippen molar-refractivity contribution in [3.05, 3.63) is 59.7 Å². The monoisotopic (exact) mass is 478 g/mol. The zero-order valence-corrected chi connectivity index (χ0v) is 20.3. The molecule has 2 amide bonds. The van der Waals surface area contributed by atoms with E-state index in [1.807, 2.05) is 38.1 Å². The van der Waals surface area contributed by atoms with Crippen molar-refractivity contribution in [1.29, 1.82) is 0 Å². The lowest BCUT2D eigenvalue weighted by atomic mass is 9.92. The molecule has 186 valence electrons. The third-order valence-corrected chi connectivity index (χ3v) is 7.39. The van der Waals surface area contributed by atoms with Gasteiger partial charge in [0.05, 0.1) is 5.92 Å². The van der Waals surface area contributed by atoms with Crippen LogP contribution in [0, 0.1) is 17.8 Å². The molecule has 2 aliphatic carbocycles. The van der Waals surface area contributed by atoms with Gasteiger partial charge < -0.3 is 20.5 Å². The van der Waals surface area contributed by atoms with Crippen LogP contribution in [0.1, 0.15) is 56.6 Å². The summed E-state index contributed by atoms with van der Waals surface area (Å²) in [5.41, 5.74) is 4.69. The van der Waals surface area contributed by atoms with E-state index in [-0.39, 0.29) is 48.6 Å². The zero-order chi connectivity index (χ0) is 24.9. The van der Waals surface area contributed by atoms with Gasteiger partial charge in [-0.3, -0.25) is 9.59 Å². The topological polar surface area (TPSA) is 105 Å². The van der Waals surface area contributed by atoms with Crippen molar-refractivity contribution < 1.29 is 24.2 Å².